The van der Waals surface area contributed by atoms with Crippen LogP contribution in [-0.4, -0.2) is 30.2 Å². The zero-order valence-electron chi connectivity index (χ0n) is 14.7. The first-order valence-corrected chi connectivity index (χ1v) is 9.18. The minimum absolute atomic E-state index is 0.197. The molecule has 5 heteroatoms. The van der Waals surface area contributed by atoms with Gasteiger partial charge in [0, 0.05) is 30.6 Å². The predicted molar refractivity (Wildman–Crippen MR) is 97.7 cm³/mol. The van der Waals surface area contributed by atoms with Crippen molar-refractivity contribution in [2.45, 2.75) is 31.1 Å². The normalized spacial score (nSPS) is 25.0. The molecule has 136 valence electrons. The van der Waals surface area contributed by atoms with E-state index in [-0.39, 0.29) is 6.23 Å². The lowest BCUT2D eigenvalue weighted by molar-refractivity contribution is -0.193. The number of esters is 1. The molecule has 1 atom stereocenters. The molecule has 2 aromatic carbocycles. The van der Waals surface area contributed by atoms with Crippen molar-refractivity contribution < 1.29 is 14.4 Å². The van der Waals surface area contributed by atoms with Crippen molar-refractivity contribution in [1.29, 1.82) is 0 Å². The quantitative estimate of drug-likeness (QED) is 0.662. The second-order valence-corrected chi connectivity index (χ2v) is 7.11. The van der Waals surface area contributed by atoms with Gasteiger partial charge in [-0.1, -0.05) is 60.7 Å². The average molecular weight is 352 g/mol. The summed E-state index contributed by atoms with van der Waals surface area (Å²) in [5.74, 6) is 5.91. The summed E-state index contributed by atoms with van der Waals surface area (Å²) in [4.78, 5) is 21.0. The average Bonchev–Trinajstić information content (AvgIpc) is 2.72. The lowest BCUT2D eigenvalue weighted by atomic mass is 9.85. The first-order chi connectivity index (χ1) is 12.7. The first-order valence-electron chi connectivity index (χ1n) is 9.18. The Hall–Kier alpha value is -2.21. The van der Waals surface area contributed by atoms with Gasteiger partial charge in [-0.05, 0) is 18.8 Å². The van der Waals surface area contributed by atoms with Crippen LogP contribution in [-0.2, 0) is 20.0 Å². The van der Waals surface area contributed by atoms with E-state index in [1.54, 1.807) is 0 Å². The number of rotatable bonds is 5. The third-order valence-electron chi connectivity index (χ3n) is 5.66. The predicted octanol–water partition coefficient (Wildman–Crippen LogP) is 2.81. The summed E-state index contributed by atoms with van der Waals surface area (Å²) in [6, 6.07) is 18.6. The molecule has 3 saturated heterocycles. The van der Waals surface area contributed by atoms with E-state index < -0.39 is 11.6 Å². The van der Waals surface area contributed by atoms with E-state index in [0.29, 0.717) is 17.0 Å². The van der Waals surface area contributed by atoms with Crippen LogP contribution in [0.3, 0.4) is 0 Å². The number of hydrogen-bond donors (Lipinski definition) is 1. The van der Waals surface area contributed by atoms with Crippen LogP contribution < -0.4 is 5.90 Å². The number of carbonyl (C=O) groups is 1. The van der Waals surface area contributed by atoms with Crippen LogP contribution in [0.15, 0.2) is 60.7 Å². The van der Waals surface area contributed by atoms with Crippen molar-refractivity contribution in [3.8, 4) is 0 Å². The van der Waals surface area contributed by atoms with Crippen LogP contribution in [0, 0.1) is 5.92 Å². The molecule has 3 aliphatic heterocycles. The third kappa shape index (κ3) is 2.92. The highest BCUT2D eigenvalue weighted by Gasteiger charge is 2.47. The van der Waals surface area contributed by atoms with Gasteiger partial charge in [-0.15, -0.1) is 0 Å². The monoisotopic (exact) mass is 352 g/mol. The van der Waals surface area contributed by atoms with E-state index in [9.17, 15) is 4.79 Å². The van der Waals surface area contributed by atoms with Gasteiger partial charge in [-0.25, -0.2) is 10.7 Å². The molecule has 2 bridgehead atoms. The van der Waals surface area contributed by atoms with Gasteiger partial charge in [-0.2, -0.15) is 0 Å². The van der Waals surface area contributed by atoms with Crippen LogP contribution >= 0.6 is 0 Å². The summed E-state index contributed by atoms with van der Waals surface area (Å²) >= 11 is 0. The van der Waals surface area contributed by atoms with Crippen LogP contribution in [0.5, 0.6) is 0 Å². The largest absolute Gasteiger partial charge is 0.444 e. The SMILES string of the molecule is NOC(C(=O)OC1CC2CCN1CC2)(c1ccccc1)c1ccccc1. The highest BCUT2D eigenvalue weighted by Crippen LogP contribution is 2.37. The van der Waals surface area contributed by atoms with Crippen LogP contribution in [0.25, 0.3) is 0 Å². The topological polar surface area (TPSA) is 64.8 Å². The standard InChI is InChI=1S/C21H24N2O3/c22-26-21(17-7-3-1-4-8-17,18-9-5-2-6-10-18)20(24)25-19-15-16-11-13-23(19)14-12-16/h1-10,16,19H,11-15,22H2. The zero-order chi connectivity index (χ0) is 18.0. The Balaban J connectivity index is 1.70. The van der Waals surface area contributed by atoms with Crippen LogP contribution in [0.2, 0.25) is 0 Å². The molecule has 1 unspecified atom stereocenters. The van der Waals surface area contributed by atoms with Crippen molar-refractivity contribution in [3.63, 3.8) is 0 Å². The Morgan fingerprint density at radius 2 is 1.50 bits per heavy atom. The Morgan fingerprint density at radius 3 is 1.92 bits per heavy atom. The zero-order valence-corrected chi connectivity index (χ0v) is 14.7. The van der Waals surface area contributed by atoms with Gasteiger partial charge in [-0.3, -0.25) is 9.74 Å². The van der Waals surface area contributed by atoms with Gasteiger partial charge in [0.1, 0.15) is 0 Å². The number of ether oxygens (including phenoxy) is 1. The lowest BCUT2D eigenvalue weighted by Crippen LogP contribution is -2.53. The van der Waals surface area contributed by atoms with Gasteiger partial charge in [0.05, 0.1) is 0 Å². The molecule has 5 nitrogen and oxygen atoms in total. The number of hydrogen-bond acceptors (Lipinski definition) is 5. The molecule has 2 aromatic rings. The maximum absolute atomic E-state index is 13.4. The summed E-state index contributed by atoms with van der Waals surface area (Å²) in [6.45, 7) is 1.96. The van der Waals surface area contributed by atoms with E-state index in [1.165, 1.54) is 12.8 Å². The van der Waals surface area contributed by atoms with E-state index >= 15 is 0 Å². The van der Waals surface area contributed by atoms with Crippen molar-refractivity contribution in [2.75, 3.05) is 13.1 Å². The summed E-state index contributed by atoms with van der Waals surface area (Å²) < 4.78 is 5.97. The molecule has 0 spiro atoms. The molecule has 3 aliphatic rings. The van der Waals surface area contributed by atoms with E-state index in [0.717, 1.165) is 19.5 Å². The van der Waals surface area contributed by atoms with Crippen LogP contribution in [0.4, 0.5) is 0 Å². The fraction of sp³-hybridized carbons (Fsp3) is 0.381. The molecule has 5 rings (SSSR count). The molecule has 0 aliphatic carbocycles. The first kappa shape index (κ1) is 17.2. The van der Waals surface area contributed by atoms with Gasteiger partial charge in [0.15, 0.2) is 6.23 Å². The number of piperidine rings is 3. The van der Waals surface area contributed by atoms with E-state index in [4.69, 9.17) is 15.5 Å². The molecular formula is C21H24N2O3. The molecule has 2 N–H and O–H groups in total. The molecule has 0 saturated carbocycles. The fourth-order valence-electron chi connectivity index (χ4n) is 4.17. The Morgan fingerprint density at radius 1 is 0.962 bits per heavy atom. The van der Waals surface area contributed by atoms with Crippen LogP contribution in [0.1, 0.15) is 30.4 Å². The maximum atomic E-state index is 13.4. The molecule has 0 aromatic heterocycles. The second-order valence-electron chi connectivity index (χ2n) is 7.11. The van der Waals surface area contributed by atoms with Gasteiger partial charge < -0.3 is 4.74 Å². The summed E-state index contributed by atoms with van der Waals surface area (Å²) in [7, 11) is 0. The Bertz CT molecular complexity index is 703. The summed E-state index contributed by atoms with van der Waals surface area (Å²) in [6.07, 6.45) is 3.06. The number of carbonyl (C=O) groups excluding carboxylic acids is 1. The van der Waals surface area contributed by atoms with Crippen molar-refractivity contribution >= 4 is 5.97 Å². The summed E-state index contributed by atoms with van der Waals surface area (Å²) in [5.41, 5.74) is -0.148. The minimum Gasteiger partial charge on any atom is -0.444 e. The molecular weight excluding hydrogens is 328 g/mol. The highest BCUT2D eigenvalue weighted by molar-refractivity contribution is 5.86. The lowest BCUT2D eigenvalue weighted by Gasteiger charge is -2.45. The second kappa shape index (κ2) is 7.19. The summed E-state index contributed by atoms with van der Waals surface area (Å²) in [5, 5.41) is 0. The van der Waals surface area contributed by atoms with Gasteiger partial charge in [0.25, 0.3) is 0 Å². The molecule has 0 radical (unpaired) electrons. The Kier molecular flexibility index (Phi) is 4.76. The minimum atomic E-state index is -1.47. The maximum Gasteiger partial charge on any atom is 0.351 e. The van der Waals surface area contributed by atoms with Crippen molar-refractivity contribution in [3.05, 3.63) is 71.8 Å². The molecule has 0 amide bonds. The Labute approximate surface area is 153 Å². The third-order valence-corrected chi connectivity index (χ3v) is 5.66. The van der Waals surface area contributed by atoms with Crippen molar-refractivity contribution in [2.24, 2.45) is 11.8 Å². The van der Waals surface area contributed by atoms with E-state index in [1.807, 2.05) is 60.7 Å². The number of fused-ring (bicyclic) bond motifs is 3. The van der Waals surface area contributed by atoms with Gasteiger partial charge >= 0.3 is 5.97 Å². The molecule has 3 heterocycles. The number of benzene rings is 2. The number of nitrogens with two attached hydrogens (primary N) is 1. The fourth-order valence-corrected chi connectivity index (χ4v) is 4.17. The smallest absolute Gasteiger partial charge is 0.351 e. The highest BCUT2D eigenvalue weighted by atomic mass is 16.7. The molecule has 3 fully saturated rings. The molecule has 26 heavy (non-hydrogen) atoms. The van der Waals surface area contributed by atoms with E-state index in [2.05, 4.69) is 4.90 Å². The number of nitrogens with zero attached hydrogens (tertiary/aromatic N) is 1. The van der Waals surface area contributed by atoms with Crippen molar-refractivity contribution in [1.82, 2.24) is 4.90 Å². The van der Waals surface area contributed by atoms with Gasteiger partial charge in [0.2, 0.25) is 5.60 Å².